The van der Waals surface area contributed by atoms with Crippen molar-refractivity contribution < 1.29 is 13.2 Å². The topological polar surface area (TPSA) is 113 Å². The molecule has 4 aromatic rings. The summed E-state index contributed by atoms with van der Waals surface area (Å²) in [5, 5.41) is 20.9. The Kier molecular flexibility index (Phi) is 6.90. The van der Waals surface area contributed by atoms with Gasteiger partial charge in [-0.2, -0.15) is 18.1 Å². The van der Waals surface area contributed by atoms with Gasteiger partial charge < -0.3 is 9.64 Å². The monoisotopic (exact) mass is 518 g/mol. The molecule has 0 bridgehead atoms. The number of ether oxygens (including phenoxy) is 1. The molecule has 11 heteroatoms. The first-order valence-electron chi connectivity index (χ1n) is 11.3. The molecule has 1 aliphatic rings. The summed E-state index contributed by atoms with van der Waals surface area (Å²) >= 11 is 1.08. The second kappa shape index (κ2) is 10.4. The van der Waals surface area contributed by atoms with Crippen molar-refractivity contribution in [1.82, 2.24) is 14.8 Å². The van der Waals surface area contributed by atoms with Crippen LogP contribution in [0.2, 0.25) is 0 Å². The van der Waals surface area contributed by atoms with Gasteiger partial charge in [0.2, 0.25) is 5.95 Å². The van der Waals surface area contributed by atoms with Crippen LogP contribution in [0.3, 0.4) is 0 Å². The van der Waals surface area contributed by atoms with E-state index in [1.54, 1.807) is 40.3 Å². The first kappa shape index (κ1) is 23.9. The Labute approximate surface area is 213 Å². The average molecular weight is 519 g/mol. The zero-order valence-corrected chi connectivity index (χ0v) is 20.8. The van der Waals surface area contributed by atoms with Crippen LogP contribution in [0.5, 0.6) is 0 Å². The number of hydrogen-bond acceptors (Lipinski definition) is 8. The maximum absolute atomic E-state index is 13.2. The summed E-state index contributed by atoms with van der Waals surface area (Å²) in [6.07, 6.45) is 0. The minimum Gasteiger partial charge on any atom is -0.378 e. The van der Waals surface area contributed by atoms with Gasteiger partial charge in [-0.3, -0.25) is 4.57 Å². The molecular weight excluding hydrogens is 496 g/mol. The molecule has 0 unspecified atom stereocenters. The van der Waals surface area contributed by atoms with Crippen LogP contribution in [0.4, 0.5) is 5.95 Å². The van der Waals surface area contributed by atoms with E-state index in [1.165, 1.54) is 6.07 Å². The molecule has 0 N–H and O–H groups in total. The van der Waals surface area contributed by atoms with Crippen LogP contribution in [0, 0.1) is 11.3 Å². The number of morpholine rings is 1. The maximum atomic E-state index is 13.2. The van der Waals surface area contributed by atoms with Crippen molar-refractivity contribution in [2.75, 3.05) is 31.2 Å². The predicted octanol–water partition coefficient (Wildman–Crippen LogP) is 3.65. The molecule has 36 heavy (non-hydrogen) atoms. The summed E-state index contributed by atoms with van der Waals surface area (Å²) < 4.78 is 38.0. The molecule has 9 nitrogen and oxygen atoms in total. The number of thiophene rings is 1. The Hall–Kier alpha value is -3.85. The highest BCUT2D eigenvalue weighted by Crippen LogP contribution is 2.30. The Bertz CT molecular complexity index is 1490. The SMILES string of the molecule is N#C[C@H](C(=NS(=O)(=O)c1cccs1)c1ccccc1)c1nnc(N2CCOCC2)n1-c1ccccc1. The van der Waals surface area contributed by atoms with Gasteiger partial charge >= 0.3 is 0 Å². The van der Waals surface area contributed by atoms with Crippen LogP contribution >= 0.6 is 11.3 Å². The van der Waals surface area contributed by atoms with Crippen molar-refractivity contribution in [2.45, 2.75) is 10.1 Å². The average Bonchev–Trinajstić information content (AvgIpc) is 3.62. The normalized spacial score (nSPS) is 15.4. The van der Waals surface area contributed by atoms with E-state index in [1.807, 2.05) is 41.3 Å². The number of nitriles is 1. The minimum atomic E-state index is -4.05. The minimum absolute atomic E-state index is 0.0876. The zero-order valence-electron chi connectivity index (χ0n) is 19.1. The molecule has 0 radical (unpaired) electrons. The molecule has 182 valence electrons. The van der Waals surface area contributed by atoms with Crippen molar-refractivity contribution in [3.8, 4) is 11.8 Å². The highest BCUT2D eigenvalue weighted by molar-refractivity contribution is 7.92. The van der Waals surface area contributed by atoms with E-state index in [9.17, 15) is 13.7 Å². The van der Waals surface area contributed by atoms with E-state index < -0.39 is 15.9 Å². The molecule has 0 amide bonds. The van der Waals surface area contributed by atoms with Crippen LogP contribution in [0.25, 0.3) is 5.69 Å². The van der Waals surface area contributed by atoms with Crippen molar-refractivity contribution in [2.24, 2.45) is 4.40 Å². The van der Waals surface area contributed by atoms with Crippen LogP contribution in [0.15, 0.2) is 86.8 Å². The summed E-state index contributed by atoms with van der Waals surface area (Å²) in [5.41, 5.74) is 1.36. The van der Waals surface area contributed by atoms with Crippen molar-refractivity contribution in [3.63, 3.8) is 0 Å². The number of benzene rings is 2. The van der Waals surface area contributed by atoms with E-state index in [0.717, 1.165) is 17.0 Å². The molecule has 1 aliphatic heterocycles. The Morgan fingerprint density at radius 1 is 1.00 bits per heavy atom. The van der Waals surface area contributed by atoms with Gasteiger partial charge in [0.05, 0.1) is 30.7 Å². The molecule has 2 aromatic heterocycles. The van der Waals surface area contributed by atoms with Crippen molar-refractivity contribution in [3.05, 3.63) is 89.6 Å². The Morgan fingerprint density at radius 3 is 2.33 bits per heavy atom. The second-order valence-electron chi connectivity index (χ2n) is 7.94. The molecule has 1 fully saturated rings. The van der Waals surface area contributed by atoms with Gasteiger partial charge in [-0.05, 0) is 29.1 Å². The highest BCUT2D eigenvalue weighted by atomic mass is 32.2. The first-order valence-corrected chi connectivity index (χ1v) is 13.6. The number of para-hydroxylation sites is 1. The molecule has 2 aromatic carbocycles. The van der Waals surface area contributed by atoms with E-state index in [-0.39, 0.29) is 15.7 Å². The molecule has 0 saturated carbocycles. The summed E-state index contributed by atoms with van der Waals surface area (Å²) in [4.78, 5) is 2.04. The zero-order chi connectivity index (χ0) is 25.0. The van der Waals surface area contributed by atoms with Crippen LogP contribution < -0.4 is 4.90 Å². The number of hydrogen-bond donors (Lipinski definition) is 0. The number of sulfonamides is 1. The summed E-state index contributed by atoms with van der Waals surface area (Å²) in [6, 6.07) is 23.7. The second-order valence-corrected chi connectivity index (χ2v) is 10.7. The summed E-state index contributed by atoms with van der Waals surface area (Å²) in [6.45, 7) is 2.34. The van der Waals surface area contributed by atoms with Crippen molar-refractivity contribution >= 4 is 33.0 Å². The lowest BCUT2D eigenvalue weighted by Crippen LogP contribution is -2.38. The van der Waals surface area contributed by atoms with Crippen molar-refractivity contribution in [1.29, 1.82) is 5.26 Å². The fourth-order valence-electron chi connectivity index (χ4n) is 3.97. The number of nitrogens with zero attached hydrogens (tertiary/aromatic N) is 6. The van der Waals surface area contributed by atoms with Gasteiger partial charge in [0.25, 0.3) is 10.0 Å². The molecule has 0 spiro atoms. The van der Waals surface area contributed by atoms with E-state index in [4.69, 9.17) is 4.74 Å². The number of rotatable bonds is 7. The molecule has 3 heterocycles. The van der Waals surface area contributed by atoms with Gasteiger partial charge in [0, 0.05) is 13.1 Å². The van der Waals surface area contributed by atoms with Crippen LogP contribution in [-0.4, -0.2) is 55.2 Å². The summed E-state index contributed by atoms with van der Waals surface area (Å²) in [5.74, 6) is -0.257. The van der Waals surface area contributed by atoms with Gasteiger partial charge in [-0.25, -0.2) is 0 Å². The molecular formula is C25H22N6O3S2. The fraction of sp³-hybridized carbons (Fsp3) is 0.200. The van der Waals surface area contributed by atoms with E-state index >= 15 is 0 Å². The molecule has 1 saturated heterocycles. The molecule has 0 aliphatic carbocycles. The molecule has 1 atom stereocenters. The Morgan fingerprint density at radius 2 is 1.69 bits per heavy atom. The summed E-state index contributed by atoms with van der Waals surface area (Å²) in [7, 11) is -4.05. The van der Waals surface area contributed by atoms with Crippen LogP contribution in [0.1, 0.15) is 17.3 Å². The maximum Gasteiger partial charge on any atom is 0.292 e. The highest BCUT2D eigenvalue weighted by Gasteiger charge is 2.31. The first-order chi connectivity index (χ1) is 17.6. The number of anilines is 1. The Balaban J connectivity index is 1.70. The predicted molar refractivity (Wildman–Crippen MR) is 137 cm³/mol. The van der Waals surface area contributed by atoms with Crippen LogP contribution in [-0.2, 0) is 14.8 Å². The van der Waals surface area contributed by atoms with Gasteiger partial charge in [0.1, 0.15) is 10.1 Å². The van der Waals surface area contributed by atoms with E-state index in [0.29, 0.717) is 37.8 Å². The fourth-order valence-corrected chi connectivity index (χ4v) is 6.00. The van der Waals surface area contributed by atoms with Gasteiger partial charge in [-0.1, -0.05) is 54.6 Å². The largest absolute Gasteiger partial charge is 0.378 e. The van der Waals surface area contributed by atoms with Gasteiger partial charge in [0.15, 0.2) is 5.82 Å². The van der Waals surface area contributed by atoms with Gasteiger partial charge in [-0.15, -0.1) is 21.5 Å². The third-order valence-corrected chi connectivity index (χ3v) is 8.34. The standard InChI is InChI=1S/C25H22N6O3S2/c26-18-21(23(19-8-3-1-4-9-19)29-36(32,33)22-12-7-17-35-22)24-27-28-25(30-13-15-34-16-14-30)31(24)20-10-5-2-6-11-20/h1-12,17,21H,13-16H2/t21-/m1/s1. The smallest absolute Gasteiger partial charge is 0.292 e. The lowest BCUT2D eigenvalue weighted by molar-refractivity contribution is 0.122. The quantitative estimate of drug-likeness (QED) is 0.343. The third-order valence-electron chi connectivity index (χ3n) is 5.68. The third kappa shape index (κ3) is 4.79. The lowest BCUT2D eigenvalue weighted by atomic mass is 9.97. The van der Waals surface area contributed by atoms with E-state index in [2.05, 4.69) is 20.7 Å². The molecule has 5 rings (SSSR count). The lowest BCUT2D eigenvalue weighted by Gasteiger charge is -2.28. The number of aromatic nitrogens is 3.